The summed E-state index contributed by atoms with van der Waals surface area (Å²) in [5.74, 6) is -1.62. The molecule has 0 unspecified atom stereocenters. The van der Waals surface area contributed by atoms with Crippen LogP contribution in [0, 0.1) is 11.8 Å². The lowest BCUT2D eigenvalue weighted by Crippen LogP contribution is -2.45. The van der Waals surface area contributed by atoms with Crippen LogP contribution < -0.4 is 5.32 Å². The van der Waals surface area contributed by atoms with Gasteiger partial charge in [0.2, 0.25) is 11.8 Å². The van der Waals surface area contributed by atoms with Gasteiger partial charge in [0, 0.05) is 36.6 Å². The molecule has 3 atom stereocenters. The van der Waals surface area contributed by atoms with E-state index in [1.807, 2.05) is 103 Å². The Bertz CT molecular complexity index is 1620. The second-order valence-electron chi connectivity index (χ2n) is 12.3. The third-order valence-corrected chi connectivity index (χ3v) is 8.81. The molecule has 4 aromatic rings. The standard InChI is InChI=1S/C39H45N3O5/c43-22-21-42(27-30-15-7-4-8-16-30)37(44)25-31-17-9-1-2-10-18-32(23-29-13-5-3-6-14-29)39(46)47-28-34(41-38(31)45)24-33-26-40-36-20-12-11-19-35(33)36/h1,3-9,11-16,19-20,26,31-32,34,40,43H,2,10,17-18,21-25,27-28H2,(H,41,45)/t31-,32-,34+/m1/s1. The van der Waals surface area contributed by atoms with Crippen molar-refractivity contribution in [3.63, 3.8) is 0 Å². The molecule has 2 amide bonds. The van der Waals surface area contributed by atoms with E-state index in [9.17, 15) is 19.5 Å². The quantitative estimate of drug-likeness (QED) is 0.152. The highest BCUT2D eigenvalue weighted by Crippen LogP contribution is 2.23. The highest BCUT2D eigenvalue weighted by Gasteiger charge is 2.28. The lowest BCUT2D eigenvalue weighted by Gasteiger charge is -2.26. The molecule has 47 heavy (non-hydrogen) atoms. The normalized spacial score (nSPS) is 19.5. The van der Waals surface area contributed by atoms with Gasteiger partial charge in [0.15, 0.2) is 0 Å². The smallest absolute Gasteiger partial charge is 0.309 e. The molecule has 1 aliphatic heterocycles. The Morgan fingerprint density at radius 3 is 2.36 bits per heavy atom. The number of fused-ring (bicyclic) bond motifs is 1. The fraction of sp³-hybridized carbons (Fsp3) is 0.359. The van der Waals surface area contributed by atoms with Gasteiger partial charge in [-0.3, -0.25) is 14.4 Å². The number of aliphatic hydroxyl groups is 1. The predicted octanol–water partition coefficient (Wildman–Crippen LogP) is 5.75. The van der Waals surface area contributed by atoms with E-state index in [1.54, 1.807) is 4.90 Å². The largest absolute Gasteiger partial charge is 0.463 e. The highest BCUT2D eigenvalue weighted by molar-refractivity contribution is 5.87. The Balaban J connectivity index is 1.36. The van der Waals surface area contributed by atoms with E-state index in [-0.39, 0.29) is 49.9 Å². The van der Waals surface area contributed by atoms with Crippen molar-refractivity contribution < 1.29 is 24.2 Å². The average molecular weight is 636 g/mol. The summed E-state index contributed by atoms with van der Waals surface area (Å²) in [6.07, 6.45) is 9.67. The van der Waals surface area contributed by atoms with Crippen molar-refractivity contribution in [2.24, 2.45) is 11.8 Å². The second-order valence-corrected chi connectivity index (χ2v) is 12.3. The zero-order valence-corrected chi connectivity index (χ0v) is 26.9. The summed E-state index contributed by atoms with van der Waals surface area (Å²) in [4.78, 5) is 45.9. The number of aliphatic hydroxyl groups excluding tert-OH is 1. The molecule has 5 rings (SSSR count). The minimum atomic E-state index is -0.620. The lowest BCUT2D eigenvalue weighted by molar-refractivity contribution is -0.150. The van der Waals surface area contributed by atoms with Gasteiger partial charge in [0.25, 0.3) is 0 Å². The summed E-state index contributed by atoms with van der Waals surface area (Å²) in [5.41, 5.74) is 4.04. The molecule has 3 aromatic carbocycles. The summed E-state index contributed by atoms with van der Waals surface area (Å²) < 4.78 is 5.96. The van der Waals surface area contributed by atoms with Gasteiger partial charge in [-0.1, -0.05) is 91.0 Å². The molecule has 246 valence electrons. The van der Waals surface area contributed by atoms with Crippen LogP contribution in [0.25, 0.3) is 10.9 Å². The molecule has 0 saturated carbocycles. The molecule has 0 aliphatic carbocycles. The number of aromatic nitrogens is 1. The number of esters is 1. The van der Waals surface area contributed by atoms with Crippen molar-refractivity contribution in [2.75, 3.05) is 19.8 Å². The molecule has 3 N–H and O–H groups in total. The van der Waals surface area contributed by atoms with Crippen molar-refractivity contribution in [3.05, 3.63) is 120 Å². The number of nitrogens with zero attached hydrogens (tertiary/aromatic N) is 1. The number of carbonyl (C=O) groups is 3. The molecule has 1 aromatic heterocycles. The molecule has 0 spiro atoms. The number of allylic oxidation sites excluding steroid dienone is 2. The van der Waals surface area contributed by atoms with Crippen LogP contribution in [-0.2, 0) is 38.5 Å². The molecule has 8 nitrogen and oxygen atoms in total. The summed E-state index contributed by atoms with van der Waals surface area (Å²) in [7, 11) is 0. The molecule has 0 fully saturated rings. The van der Waals surface area contributed by atoms with Crippen molar-refractivity contribution in [1.82, 2.24) is 15.2 Å². The summed E-state index contributed by atoms with van der Waals surface area (Å²) >= 11 is 0. The Labute approximate surface area is 276 Å². The molecule has 0 bridgehead atoms. The lowest BCUT2D eigenvalue weighted by atomic mass is 9.93. The number of carbonyl (C=O) groups excluding carboxylic acids is 3. The Morgan fingerprint density at radius 2 is 1.60 bits per heavy atom. The number of cyclic esters (lactones) is 1. The number of rotatable bonds is 10. The van der Waals surface area contributed by atoms with E-state index >= 15 is 0 Å². The number of aromatic amines is 1. The van der Waals surface area contributed by atoms with Crippen LogP contribution in [0.4, 0.5) is 0 Å². The monoisotopic (exact) mass is 635 g/mol. The van der Waals surface area contributed by atoms with Gasteiger partial charge in [-0.05, 0) is 61.3 Å². The zero-order valence-electron chi connectivity index (χ0n) is 26.9. The first-order chi connectivity index (χ1) is 23.0. The van der Waals surface area contributed by atoms with E-state index < -0.39 is 12.0 Å². The Kier molecular flexibility index (Phi) is 12.4. The first kappa shape index (κ1) is 33.7. The van der Waals surface area contributed by atoms with Crippen LogP contribution in [-0.4, -0.2) is 58.6 Å². The first-order valence-corrected chi connectivity index (χ1v) is 16.6. The number of nitrogens with one attached hydrogen (secondary N) is 2. The van der Waals surface area contributed by atoms with Crippen LogP contribution in [0.2, 0.25) is 0 Å². The number of amides is 2. The van der Waals surface area contributed by atoms with Crippen LogP contribution >= 0.6 is 0 Å². The zero-order chi connectivity index (χ0) is 32.8. The molecule has 0 radical (unpaired) electrons. The molecule has 1 aliphatic rings. The topological polar surface area (TPSA) is 112 Å². The van der Waals surface area contributed by atoms with Gasteiger partial charge in [-0.15, -0.1) is 0 Å². The molecular weight excluding hydrogens is 590 g/mol. The molecule has 8 heteroatoms. The van der Waals surface area contributed by atoms with Crippen molar-refractivity contribution in [3.8, 4) is 0 Å². The maximum atomic E-state index is 13.9. The number of H-pyrrole nitrogens is 1. The Hall–Kier alpha value is -4.69. The number of hydrogen-bond donors (Lipinski definition) is 3. The van der Waals surface area contributed by atoms with Crippen LogP contribution in [0.1, 0.15) is 48.8 Å². The van der Waals surface area contributed by atoms with Gasteiger partial charge in [0.1, 0.15) is 6.61 Å². The number of ether oxygens (including phenoxy) is 1. The first-order valence-electron chi connectivity index (χ1n) is 16.6. The van der Waals surface area contributed by atoms with E-state index in [0.717, 1.165) is 40.4 Å². The number of benzene rings is 3. The fourth-order valence-corrected chi connectivity index (χ4v) is 6.24. The maximum Gasteiger partial charge on any atom is 0.309 e. The van der Waals surface area contributed by atoms with Gasteiger partial charge < -0.3 is 25.0 Å². The van der Waals surface area contributed by atoms with E-state index in [2.05, 4.69) is 10.3 Å². The highest BCUT2D eigenvalue weighted by atomic mass is 16.5. The minimum Gasteiger partial charge on any atom is -0.463 e. The summed E-state index contributed by atoms with van der Waals surface area (Å²) in [6, 6.07) is 27.1. The third kappa shape index (κ3) is 9.90. The molecule has 2 heterocycles. The minimum absolute atomic E-state index is 0.00174. The van der Waals surface area contributed by atoms with Crippen molar-refractivity contribution in [2.45, 2.75) is 57.5 Å². The summed E-state index contributed by atoms with van der Waals surface area (Å²) in [6.45, 7) is 0.393. The fourth-order valence-electron chi connectivity index (χ4n) is 6.24. The summed E-state index contributed by atoms with van der Waals surface area (Å²) in [5, 5.41) is 13.9. The average Bonchev–Trinajstić information content (AvgIpc) is 3.50. The van der Waals surface area contributed by atoms with Gasteiger partial charge >= 0.3 is 5.97 Å². The molecule has 0 saturated heterocycles. The van der Waals surface area contributed by atoms with E-state index in [1.165, 1.54) is 0 Å². The Morgan fingerprint density at radius 1 is 0.872 bits per heavy atom. The second kappa shape index (κ2) is 17.3. The molecular formula is C39H45N3O5. The number of hydrogen-bond acceptors (Lipinski definition) is 5. The SMILES string of the molecule is O=C1N[C@@H](Cc2c[nH]c3ccccc23)COC(=O)[C@@H](Cc2ccccc2)CCCC=CC[C@@H]1CC(=O)N(CCO)Cc1ccccc1. The van der Waals surface area contributed by atoms with Crippen LogP contribution in [0.15, 0.2) is 103 Å². The van der Waals surface area contributed by atoms with Crippen molar-refractivity contribution in [1.29, 1.82) is 0 Å². The van der Waals surface area contributed by atoms with Crippen molar-refractivity contribution >= 4 is 28.7 Å². The van der Waals surface area contributed by atoms with Crippen LogP contribution in [0.3, 0.4) is 0 Å². The van der Waals surface area contributed by atoms with E-state index in [0.29, 0.717) is 32.2 Å². The van der Waals surface area contributed by atoms with Gasteiger partial charge in [-0.25, -0.2) is 0 Å². The van der Waals surface area contributed by atoms with E-state index in [4.69, 9.17) is 4.74 Å². The third-order valence-electron chi connectivity index (χ3n) is 8.81. The van der Waals surface area contributed by atoms with Gasteiger partial charge in [0.05, 0.1) is 24.5 Å². The predicted molar refractivity (Wildman–Crippen MR) is 183 cm³/mol. The maximum absolute atomic E-state index is 13.9. The van der Waals surface area contributed by atoms with Gasteiger partial charge in [-0.2, -0.15) is 0 Å². The number of para-hydroxylation sites is 1. The van der Waals surface area contributed by atoms with Crippen LogP contribution in [0.5, 0.6) is 0 Å².